The lowest BCUT2D eigenvalue weighted by atomic mass is 9.78. The van der Waals surface area contributed by atoms with Crippen LogP contribution in [-0.4, -0.2) is 33.6 Å². The second-order valence-corrected chi connectivity index (χ2v) is 9.25. The summed E-state index contributed by atoms with van der Waals surface area (Å²) in [6.07, 6.45) is 11.3. The van der Waals surface area contributed by atoms with Gasteiger partial charge in [0.1, 0.15) is 5.92 Å². The van der Waals surface area contributed by atoms with E-state index in [0.717, 1.165) is 41.5 Å². The number of nitrogens with zero attached hydrogens (tertiary/aromatic N) is 4. The minimum atomic E-state index is -1.98. The first kappa shape index (κ1) is 21.6. The monoisotopic (exact) mass is 441 g/mol. The lowest BCUT2D eigenvalue weighted by Crippen LogP contribution is -2.29. The van der Waals surface area contributed by atoms with E-state index in [1.165, 1.54) is 11.6 Å². The largest absolute Gasteiger partial charge is 0.333 e. The van der Waals surface area contributed by atoms with Crippen molar-refractivity contribution in [2.45, 2.75) is 38.6 Å². The van der Waals surface area contributed by atoms with Crippen molar-refractivity contribution in [3.05, 3.63) is 77.7 Å². The third kappa shape index (κ3) is 3.68. The van der Waals surface area contributed by atoms with Gasteiger partial charge in [-0.15, -0.1) is 0 Å². The summed E-state index contributed by atoms with van der Waals surface area (Å²) < 4.78 is 19.0. The van der Waals surface area contributed by atoms with Crippen LogP contribution in [0.4, 0.5) is 4.39 Å². The molecule has 1 aliphatic carbocycles. The number of pyridine rings is 1. The highest BCUT2D eigenvalue weighted by Gasteiger charge is 2.42. The van der Waals surface area contributed by atoms with Crippen molar-refractivity contribution < 1.29 is 4.39 Å². The Hall–Kier alpha value is -3.27. The van der Waals surface area contributed by atoms with Crippen LogP contribution in [0.15, 0.2) is 61.0 Å². The Morgan fingerprint density at radius 3 is 2.82 bits per heavy atom. The normalized spacial score (nSPS) is 25.1. The van der Waals surface area contributed by atoms with Crippen molar-refractivity contribution in [1.82, 2.24) is 14.5 Å². The molecular weight excluding hydrogens is 413 g/mol. The molecule has 1 saturated heterocycles. The molecule has 3 heterocycles. The molecule has 3 unspecified atom stereocenters. The molecule has 1 aromatic carbocycles. The summed E-state index contributed by atoms with van der Waals surface area (Å²) >= 11 is 0. The SMILES string of the molecule is Cc1ccc(-c2ncc3c(ccn3CN3CCC(N)C3)c2C2(F)C=CC=CC2C#N)cc1C. The molecule has 1 aliphatic heterocycles. The number of halogens is 1. The van der Waals surface area contributed by atoms with E-state index in [1.807, 2.05) is 43.6 Å². The van der Waals surface area contributed by atoms with E-state index in [1.54, 1.807) is 18.2 Å². The van der Waals surface area contributed by atoms with Crippen LogP contribution < -0.4 is 5.73 Å². The fourth-order valence-electron chi connectivity index (χ4n) is 4.97. The average Bonchev–Trinajstić information content (AvgIpc) is 3.41. The Morgan fingerprint density at radius 2 is 2.09 bits per heavy atom. The van der Waals surface area contributed by atoms with Crippen molar-refractivity contribution in [2.75, 3.05) is 13.1 Å². The lowest BCUT2D eigenvalue weighted by molar-refractivity contribution is 0.198. The number of nitriles is 1. The van der Waals surface area contributed by atoms with Crippen molar-refractivity contribution >= 4 is 10.9 Å². The fraction of sp³-hybridized carbons (Fsp3) is 0.333. The third-order valence-electron chi connectivity index (χ3n) is 7.00. The first-order valence-electron chi connectivity index (χ1n) is 11.4. The Kier molecular flexibility index (Phi) is 5.40. The summed E-state index contributed by atoms with van der Waals surface area (Å²) in [6, 6.07) is 10.4. The van der Waals surface area contributed by atoms with E-state index >= 15 is 4.39 Å². The van der Waals surface area contributed by atoms with Crippen molar-refractivity contribution in [3.8, 4) is 17.3 Å². The molecule has 1 fully saturated rings. The Morgan fingerprint density at radius 1 is 1.24 bits per heavy atom. The van der Waals surface area contributed by atoms with Crippen LogP contribution in [0.5, 0.6) is 0 Å². The van der Waals surface area contributed by atoms with Crippen LogP contribution in [0.25, 0.3) is 22.2 Å². The van der Waals surface area contributed by atoms with Gasteiger partial charge < -0.3 is 10.3 Å². The molecular formula is C27H28FN5. The molecule has 2 N–H and O–H groups in total. The summed E-state index contributed by atoms with van der Waals surface area (Å²) in [5, 5.41) is 10.6. The Labute approximate surface area is 193 Å². The zero-order valence-electron chi connectivity index (χ0n) is 19.0. The van der Waals surface area contributed by atoms with Gasteiger partial charge in [0, 0.05) is 41.8 Å². The maximum Gasteiger partial charge on any atom is 0.176 e. The van der Waals surface area contributed by atoms with Gasteiger partial charge in [-0.05, 0) is 49.6 Å². The third-order valence-corrected chi connectivity index (χ3v) is 7.00. The number of aryl methyl sites for hydroxylation is 2. The van der Waals surface area contributed by atoms with Crippen molar-refractivity contribution in [1.29, 1.82) is 5.26 Å². The predicted octanol–water partition coefficient (Wildman–Crippen LogP) is 4.74. The smallest absolute Gasteiger partial charge is 0.176 e. The van der Waals surface area contributed by atoms with E-state index in [9.17, 15) is 5.26 Å². The number of allylic oxidation sites excluding steroid dienone is 4. The highest BCUT2D eigenvalue weighted by Crippen LogP contribution is 2.46. The molecule has 5 rings (SSSR count). The standard InChI is InChI=1S/C27H28FN5/c1-18-6-7-20(13-19(18)2)26-25(27(28)10-4-3-5-21(27)14-29)23-9-12-33(24(23)15-31-26)17-32-11-8-22(30)16-32/h3-7,9-10,12-13,15,21-22H,8,11,16-17,30H2,1-2H3. The van der Waals surface area contributed by atoms with Gasteiger partial charge in [0.2, 0.25) is 0 Å². The van der Waals surface area contributed by atoms with Crippen LogP contribution in [0.1, 0.15) is 23.1 Å². The van der Waals surface area contributed by atoms with E-state index in [-0.39, 0.29) is 6.04 Å². The minimum Gasteiger partial charge on any atom is -0.333 e. The summed E-state index contributed by atoms with van der Waals surface area (Å²) in [6.45, 7) is 6.56. The van der Waals surface area contributed by atoms with Gasteiger partial charge in [-0.2, -0.15) is 5.26 Å². The lowest BCUT2D eigenvalue weighted by Gasteiger charge is -2.30. The second kappa shape index (κ2) is 8.26. The zero-order chi connectivity index (χ0) is 23.2. The first-order chi connectivity index (χ1) is 15.9. The summed E-state index contributed by atoms with van der Waals surface area (Å²) in [4.78, 5) is 7.09. The highest BCUT2D eigenvalue weighted by atomic mass is 19.1. The number of hydrogen-bond acceptors (Lipinski definition) is 4. The molecule has 0 saturated carbocycles. The minimum absolute atomic E-state index is 0.196. The van der Waals surface area contributed by atoms with Crippen molar-refractivity contribution in [3.63, 3.8) is 0 Å². The zero-order valence-corrected chi connectivity index (χ0v) is 19.0. The molecule has 0 bridgehead atoms. The van der Waals surface area contributed by atoms with Crippen molar-refractivity contribution in [2.24, 2.45) is 11.7 Å². The predicted molar refractivity (Wildman–Crippen MR) is 129 cm³/mol. The van der Waals surface area contributed by atoms with Gasteiger partial charge >= 0.3 is 0 Å². The maximum atomic E-state index is 16.9. The summed E-state index contributed by atoms with van der Waals surface area (Å²) in [7, 11) is 0. The van der Waals surface area contributed by atoms with Gasteiger partial charge in [-0.3, -0.25) is 9.88 Å². The highest BCUT2D eigenvalue weighted by molar-refractivity contribution is 5.90. The van der Waals surface area contributed by atoms with Gasteiger partial charge in [-0.25, -0.2) is 4.39 Å². The molecule has 6 heteroatoms. The number of likely N-dealkylation sites (tertiary alicyclic amines) is 1. The molecule has 0 radical (unpaired) electrons. The molecule has 168 valence electrons. The Bertz CT molecular complexity index is 1310. The number of nitrogens with two attached hydrogens (primary N) is 1. The number of fused-ring (bicyclic) bond motifs is 1. The van der Waals surface area contributed by atoms with Crippen LogP contribution in [-0.2, 0) is 12.3 Å². The second-order valence-electron chi connectivity index (χ2n) is 9.25. The van der Waals surface area contributed by atoms with Gasteiger partial charge in [0.15, 0.2) is 5.67 Å². The fourth-order valence-corrected chi connectivity index (χ4v) is 4.97. The number of benzene rings is 1. The molecule has 0 amide bonds. The van der Waals surface area contributed by atoms with Crippen LogP contribution in [0.2, 0.25) is 0 Å². The van der Waals surface area contributed by atoms with E-state index in [0.29, 0.717) is 17.9 Å². The Balaban J connectivity index is 1.71. The average molecular weight is 442 g/mol. The van der Waals surface area contributed by atoms with Gasteiger partial charge in [0.05, 0.1) is 30.1 Å². The topological polar surface area (TPSA) is 70.9 Å². The molecule has 5 nitrogen and oxygen atoms in total. The van der Waals surface area contributed by atoms with Gasteiger partial charge in [0.25, 0.3) is 0 Å². The number of rotatable bonds is 4. The molecule has 33 heavy (non-hydrogen) atoms. The number of alkyl halides is 1. The van der Waals surface area contributed by atoms with Gasteiger partial charge in [-0.1, -0.05) is 30.4 Å². The number of aromatic nitrogens is 2. The van der Waals surface area contributed by atoms with E-state index in [2.05, 4.69) is 22.5 Å². The first-order valence-corrected chi connectivity index (χ1v) is 11.4. The van der Waals surface area contributed by atoms with Crippen LogP contribution in [0.3, 0.4) is 0 Å². The molecule has 2 aliphatic rings. The van der Waals surface area contributed by atoms with Crippen LogP contribution >= 0.6 is 0 Å². The summed E-state index contributed by atoms with van der Waals surface area (Å²) in [5.41, 5.74) is 9.13. The quantitative estimate of drug-likeness (QED) is 0.635. The molecule has 2 aromatic heterocycles. The number of hydrogen-bond donors (Lipinski definition) is 1. The van der Waals surface area contributed by atoms with Crippen LogP contribution in [0, 0.1) is 31.1 Å². The molecule has 3 atom stereocenters. The van der Waals surface area contributed by atoms with E-state index in [4.69, 9.17) is 10.7 Å². The molecule has 0 spiro atoms. The molecule has 3 aromatic rings. The van der Waals surface area contributed by atoms with E-state index < -0.39 is 11.6 Å². The maximum absolute atomic E-state index is 16.9. The summed E-state index contributed by atoms with van der Waals surface area (Å²) in [5.74, 6) is -0.930.